The number of hydrogen-bond donors (Lipinski definition) is 5. The molecule has 0 bridgehead atoms. The number of carbonyl (C=O) groups excluding carboxylic acids is 2. The van der Waals surface area contributed by atoms with Gasteiger partial charge in [0.15, 0.2) is 0 Å². The van der Waals surface area contributed by atoms with Crippen molar-refractivity contribution in [3.63, 3.8) is 0 Å². The highest BCUT2D eigenvalue weighted by molar-refractivity contribution is 8.13. The van der Waals surface area contributed by atoms with E-state index < -0.39 is 66.8 Å². The first-order valence-corrected chi connectivity index (χ1v) is 27.9. The van der Waals surface area contributed by atoms with Gasteiger partial charge in [-0.1, -0.05) is 88.4 Å². The molecule has 0 unspecified atom stereocenters. The number of rotatable bonds is 19. The molecule has 0 aliphatic carbocycles. The molecule has 2 heterocycles. The van der Waals surface area contributed by atoms with E-state index in [9.17, 15) is 36.6 Å². The predicted molar refractivity (Wildman–Crippen MR) is 285 cm³/mol. The van der Waals surface area contributed by atoms with Gasteiger partial charge in [0.1, 0.15) is 22.4 Å². The van der Waals surface area contributed by atoms with Crippen LogP contribution in [0.5, 0.6) is 0 Å². The van der Waals surface area contributed by atoms with E-state index in [-0.39, 0.29) is 28.8 Å². The van der Waals surface area contributed by atoms with E-state index in [1.807, 2.05) is 95.3 Å². The van der Waals surface area contributed by atoms with E-state index in [2.05, 4.69) is 29.8 Å². The Hall–Kier alpha value is -5.47. The Morgan fingerprint density at radius 1 is 0.603 bits per heavy atom. The van der Waals surface area contributed by atoms with Crippen molar-refractivity contribution >= 4 is 63.9 Å². The highest BCUT2D eigenvalue weighted by Crippen LogP contribution is 2.25. The maximum Gasteiger partial charge on any atom is 0.407 e. The number of furan rings is 2. The average Bonchev–Trinajstić information content (AvgIpc) is 3.97. The van der Waals surface area contributed by atoms with Gasteiger partial charge in [0.2, 0.25) is 10.0 Å². The largest absolute Gasteiger partial charge is 0.464 e. The lowest BCUT2D eigenvalue weighted by atomic mass is 10.0. The molecule has 19 heteroatoms. The van der Waals surface area contributed by atoms with Gasteiger partial charge in [-0.05, 0) is 132 Å². The number of alkyl carbamates (subject to hydrolysis) is 2. The molecule has 0 fully saturated rings. The van der Waals surface area contributed by atoms with Gasteiger partial charge in [-0.3, -0.25) is 0 Å². The lowest BCUT2D eigenvalue weighted by Crippen LogP contribution is -2.51. The second kappa shape index (κ2) is 27.2. The van der Waals surface area contributed by atoms with Crippen molar-refractivity contribution in [3.8, 4) is 0 Å². The van der Waals surface area contributed by atoms with Gasteiger partial charge < -0.3 is 44.5 Å². The third kappa shape index (κ3) is 21.1. The normalized spacial score (nSPS) is 13.9. The zero-order chi connectivity index (χ0) is 54.1. The monoisotopic (exact) mass is 1070 g/mol. The summed E-state index contributed by atoms with van der Waals surface area (Å²) < 4.78 is 71.5. The van der Waals surface area contributed by atoms with Crippen LogP contribution in [0.1, 0.15) is 80.4 Å². The molecule has 4 aromatic carbocycles. The lowest BCUT2D eigenvalue weighted by Gasteiger charge is -2.31. The van der Waals surface area contributed by atoms with Crippen molar-refractivity contribution in [3.05, 3.63) is 133 Å². The molecule has 5 N–H and O–H groups in total. The molecule has 6 aromatic rings. The molecule has 16 nitrogen and oxygen atoms in total. The number of nitrogens with one attached hydrogen (secondary N) is 3. The van der Waals surface area contributed by atoms with E-state index in [4.69, 9.17) is 29.0 Å². The summed E-state index contributed by atoms with van der Waals surface area (Å²) in [6.07, 6.45) is 0.781. The predicted octanol–water partition coefficient (Wildman–Crippen LogP) is 9.67. The standard InChI is InChI=1S/C27H36N2O6S.C19H32N2O3.C8H5ClO3S/c1-19(2)17-29(36(32,33)22-11-12-25-21(16-22)13-14-34-25)18-24(30)23(15-20-9-7-6-8-10-20)28-26(31)35-27(3,4)5;1-14(2)12-20-13-17(22)16(11-15-9-7-6-8-10-15)21-18(23)24-19(3,4)5;9-13(10,11)7-1-2-8-6(5-7)3-4-12-8/h6-14,16,19,23-24,30H,15,17-18H2,1-5H3,(H,28,31);6-10,14,16-17,20,22H,11-13H2,1-5H3,(H,21,23);1-5H/t23-,24+;16-,17+;/m00./s1. The molecule has 0 spiro atoms. The number of aliphatic hydroxyl groups excluding tert-OH is 2. The van der Waals surface area contributed by atoms with Gasteiger partial charge in [0, 0.05) is 41.1 Å². The van der Waals surface area contributed by atoms with Crippen LogP contribution in [0.2, 0.25) is 0 Å². The quantitative estimate of drug-likeness (QED) is 0.0477. The zero-order valence-corrected chi connectivity index (χ0v) is 45.8. The smallest absolute Gasteiger partial charge is 0.407 e. The summed E-state index contributed by atoms with van der Waals surface area (Å²) >= 11 is 0. The summed E-state index contributed by atoms with van der Waals surface area (Å²) in [5.41, 5.74) is 1.90. The summed E-state index contributed by atoms with van der Waals surface area (Å²) in [6.45, 7) is 20.0. The number of nitrogens with zero attached hydrogens (tertiary/aromatic N) is 1. The van der Waals surface area contributed by atoms with Gasteiger partial charge in [-0.25, -0.2) is 26.4 Å². The van der Waals surface area contributed by atoms with Gasteiger partial charge in [-0.15, -0.1) is 0 Å². The van der Waals surface area contributed by atoms with Crippen molar-refractivity contribution in [2.75, 3.05) is 26.2 Å². The maximum atomic E-state index is 13.6. The number of halogens is 1. The number of fused-ring (bicyclic) bond motifs is 2. The number of ether oxygens (including phenoxy) is 2. The lowest BCUT2D eigenvalue weighted by molar-refractivity contribution is 0.0397. The summed E-state index contributed by atoms with van der Waals surface area (Å²) in [5, 5.41) is 31.9. The Labute approximate surface area is 435 Å². The molecule has 0 radical (unpaired) electrons. The zero-order valence-electron chi connectivity index (χ0n) is 43.4. The second-order valence-corrected chi connectivity index (χ2v) is 25.0. The Bertz CT molecular complexity index is 2860. The van der Waals surface area contributed by atoms with Crippen molar-refractivity contribution in [1.29, 1.82) is 0 Å². The molecule has 2 aromatic heterocycles. The molecule has 4 atom stereocenters. The van der Waals surface area contributed by atoms with Crippen LogP contribution in [0.3, 0.4) is 0 Å². The van der Waals surface area contributed by atoms with Crippen LogP contribution in [0.4, 0.5) is 9.59 Å². The number of sulfonamides is 1. The highest BCUT2D eigenvalue weighted by atomic mass is 35.7. The Balaban J connectivity index is 0.000000266. The van der Waals surface area contributed by atoms with Gasteiger partial charge >= 0.3 is 12.2 Å². The van der Waals surface area contributed by atoms with Gasteiger partial charge in [0.25, 0.3) is 9.05 Å². The van der Waals surface area contributed by atoms with Crippen LogP contribution in [-0.4, -0.2) is 105 Å². The minimum atomic E-state index is -3.94. The topological polar surface area (TPSA) is 227 Å². The molecule has 2 amide bonds. The average molecular weight is 1070 g/mol. The third-order valence-electron chi connectivity index (χ3n) is 10.6. The molecular weight excluding hydrogens is 996 g/mol. The van der Waals surface area contributed by atoms with Crippen LogP contribution in [0.25, 0.3) is 21.9 Å². The van der Waals surface area contributed by atoms with Crippen molar-refractivity contribution < 1.29 is 54.9 Å². The number of benzene rings is 4. The number of amides is 2. The Morgan fingerprint density at radius 3 is 1.47 bits per heavy atom. The van der Waals surface area contributed by atoms with Crippen molar-refractivity contribution in [2.24, 2.45) is 11.8 Å². The van der Waals surface area contributed by atoms with Crippen LogP contribution in [0, 0.1) is 11.8 Å². The van der Waals surface area contributed by atoms with Crippen LogP contribution in [0.15, 0.2) is 140 Å². The minimum absolute atomic E-state index is 0.0102. The fourth-order valence-corrected chi connectivity index (χ4v) is 9.69. The molecular formula is C54H73ClN4O12S2. The molecule has 0 aliphatic heterocycles. The van der Waals surface area contributed by atoms with Crippen LogP contribution in [-0.2, 0) is 41.4 Å². The summed E-state index contributed by atoms with van der Waals surface area (Å²) in [4.78, 5) is 24.8. The number of hydrogen-bond acceptors (Lipinski definition) is 13. The van der Waals surface area contributed by atoms with Crippen LogP contribution < -0.4 is 16.0 Å². The first-order chi connectivity index (χ1) is 34.1. The summed E-state index contributed by atoms with van der Waals surface area (Å²) in [7, 11) is -2.41. The van der Waals surface area contributed by atoms with Crippen LogP contribution >= 0.6 is 10.7 Å². The molecule has 400 valence electrons. The molecule has 0 aliphatic rings. The van der Waals surface area contributed by atoms with E-state index >= 15 is 0 Å². The summed E-state index contributed by atoms with van der Waals surface area (Å²) in [6, 6.07) is 30.5. The van der Waals surface area contributed by atoms with Gasteiger partial charge in [-0.2, -0.15) is 4.31 Å². The number of carbonyl (C=O) groups is 2. The highest BCUT2D eigenvalue weighted by Gasteiger charge is 2.33. The SMILES string of the molecule is CC(C)CN(C[C@@H](O)[C@H](Cc1ccccc1)NC(=O)OC(C)(C)C)S(=O)(=O)c1ccc2occc2c1.CC(C)CNC[C@@H](O)[C@H](Cc1ccccc1)NC(=O)OC(C)(C)C.O=S(=O)(Cl)c1ccc2occc2c1. The minimum Gasteiger partial charge on any atom is -0.464 e. The fourth-order valence-electron chi connectivity index (χ4n) is 7.25. The Kier molecular flexibility index (Phi) is 22.4. The van der Waals surface area contributed by atoms with Crippen molar-refractivity contribution in [2.45, 2.75) is 127 Å². The van der Waals surface area contributed by atoms with E-state index in [0.29, 0.717) is 41.9 Å². The molecule has 0 saturated carbocycles. The molecule has 73 heavy (non-hydrogen) atoms. The summed E-state index contributed by atoms with van der Waals surface area (Å²) in [5.74, 6) is 0.514. The van der Waals surface area contributed by atoms with E-state index in [1.165, 1.54) is 35.0 Å². The third-order valence-corrected chi connectivity index (χ3v) is 13.7. The van der Waals surface area contributed by atoms with E-state index in [0.717, 1.165) is 23.1 Å². The molecule has 6 rings (SSSR count). The second-order valence-electron chi connectivity index (χ2n) is 20.5. The van der Waals surface area contributed by atoms with Gasteiger partial charge in [0.05, 0.1) is 46.6 Å². The fraction of sp³-hybridized carbons (Fsp3) is 0.444. The van der Waals surface area contributed by atoms with Crippen molar-refractivity contribution in [1.82, 2.24) is 20.3 Å². The number of aliphatic hydroxyl groups is 2. The Morgan fingerprint density at radius 2 is 1.04 bits per heavy atom. The molecule has 0 saturated heterocycles. The van der Waals surface area contributed by atoms with E-state index in [1.54, 1.807) is 51.1 Å². The first-order valence-electron chi connectivity index (χ1n) is 24.1. The first kappa shape index (κ1) is 60.1. The maximum absolute atomic E-state index is 13.6.